The highest BCUT2D eigenvalue weighted by molar-refractivity contribution is 6.04. The van der Waals surface area contributed by atoms with Crippen LogP contribution < -0.4 is 14.4 Å². The number of carbonyl (C=O) groups excluding carboxylic acids is 2. The van der Waals surface area contributed by atoms with E-state index < -0.39 is 5.97 Å². The molecule has 1 amide bonds. The molecule has 6 heteroatoms. The zero-order valence-corrected chi connectivity index (χ0v) is 16.7. The quantitative estimate of drug-likeness (QED) is 0.566. The molecule has 0 unspecified atom stereocenters. The van der Waals surface area contributed by atoms with Crippen LogP contribution in [-0.2, 0) is 9.53 Å². The van der Waals surface area contributed by atoms with Crippen molar-refractivity contribution >= 4 is 28.3 Å². The molecule has 0 saturated carbocycles. The number of ether oxygens (including phenoxy) is 3. The van der Waals surface area contributed by atoms with Crippen molar-refractivity contribution in [1.29, 1.82) is 0 Å². The highest BCUT2D eigenvalue weighted by Gasteiger charge is 2.18. The predicted molar refractivity (Wildman–Crippen MR) is 112 cm³/mol. The standard InChI is InChI=1S/C23H23NO5/c1-4-24(19-11-7-9-16-8-5-6-10-18(16)19)22(25)15-29-20-13-12-17(23(26)28-3)14-21(20)27-2/h5-14H,4,15H2,1-3H3. The minimum atomic E-state index is -0.473. The van der Waals surface area contributed by atoms with Crippen molar-refractivity contribution in [2.75, 3.05) is 32.3 Å². The van der Waals surface area contributed by atoms with Crippen LogP contribution in [-0.4, -0.2) is 39.2 Å². The number of benzene rings is 3. The Bertz CT molecular complexity index is 1030. The zero-order chi connectivity index (χ0) is 20.8. The van der Waals surface area contributed by atoms with E-state index >= 15 is 0 Å². The molecule has 150 valence electrons. The van der Waals surface area contributed by atoms with E-state index in [0.29, 0.717) is 23.6 Å². The third-order valence-electron chi connectivity index (χ3n) is 4.61. The van der Waals surface area contributed by atoms with Gasteiger partial charge in [0.25, 0.3) is 5.91 Å². The van der Waals surface area contributed by atoms with Crippen LogP contribution >= 0.6 is 0 Å². The number of nitrogens with zero attached hydrogens (tertiary/aromatic N) is 1. The summed E-state index contributed by atoms with van der Waals surface area (Å²) >= 11 is 0. The van der Waals surface area contributed by atoms with Gasteiger partial charge < -0.3 is 19.1 Å². The van der Waals surface area contributed by atoms with Gasteiger partial charge in [-0.2, -0.15) is 0 Å². The van der Waals surface area contributed by atoms with Crippen LogP contribution in [0, 0.1) is 0 Å². The van der Waals surface area contributed by atoms with Gasteiger partial charge in [0.2, 0.25) is 0 Å². The lowest BCUT2D eigenvalue weighted by atomic mass is 10.1. The first-order valence-corrected chi connectivity index (χ1v) is 9.26. The summed E-state index contributed by atoms with van der Waals surface area (Å²) in [7, 11) is 2.78. The summed E-state index contributed by atoms with van der Waals surface area (Å²) in [5.41, 5.74) is 1.18. The first-order valence-electron chi connectivity index (χ1n) is 9.26. The Morgan fingerprint density at radius 2 is 1.69 bits per heavy atom. The van der Waals surface area contributed by atoms with Crippen molar-refractivity contribution in [1.82, 2.24) is 0 Å². The number of anilines is 1. The molecule has 0 aliphatic carbocycles. The number of hydrogen-bond acceptors (Lipinski definition) is 5. The van der Waals surface area contributed by atoms with Gasteiger partial charge in [0.05, 0.1) is 25.5 Å². The second-order valence-electron chi connectivity index (χ2n) is 6.28. The smallest absolute Gasteiger partial charge is 0.337 e. The summed E-state index contributed by atoms with van der Waals surface area (Å²) in [5.74, 6) is 0.0818. The molecule has 0 aliphatic rings. The molecule has 0 saturated heterocycles. The van der Waals surface area contributed by atoms with Crippen LogP contribution in [0.3, 0.4) is 0 Å². The fraction of sp³-hybridized carbons (Fsp3) is 0.217. The van der Waals surface area contributed by atoms with Crippen molar-refractivity contribution in [2.24, 2.45) is 0 Å². The van der Waals surface area contributed by atoms with Crippen LogP contribution in [0.5, 0.6) is 11.5 Å². The second-order valence-corrected chi connectivity index (χ2v) is 6.28. The van der Waals surface area contributed by atoms with Gasteiger partial charge in [0.15, 0.2) is 18.1 Å². The number of fused-ring (bicyclic) bond motifs is 1. The lowest BCUT2D eigenvalue weighted by Gasteiger charge is -2.23. The number of carbonyl (C=O) groups is 2. The largest absolute Gasteiger partial charge is 0.493 e. The van der Waals surface area contributed by atoms with Crippen LogP contribution in [0.15, 0.2) is 60.7 Å². The average molecular weight is 393 g/mol. The van der Waals surface area contributed by atoms with Crippen molar-refractivity contribution < 1.29 is 23.8 Å². The van der Waals surface area contributed by atoms with Crippen molar-refractivity contribution in [3.05, 3.63) is 66.2 Å². The lowest BCUT2D eigenvalue weighted by Crippen LogP contribution is -2.35. The number of rotatable bonds is 7. The van der Waals surface area contributed by atoms with Gasteiger partial charge in [0.1, 0.15) is 0 Å². The van der Waals surface area contributed by atoms with Gasteiger partial charge in [0, 0.05) is 11.9 Å². The summed E-state index contributed by atoms with van der Waals surface area (Å²) < 4.78 is 15.7. The molecule has 0 heterocycles. The molecule has 0 N–H and O–H groups in total. The van der Waals surface area contributed by atoms with Gasteiger partial charge >= 0.3 is 5.97 Å². The first kappa shape index (κ1) is 20.2. The maximum absolute atomic E-state index is 12.9. The van der Waals surface area contributed by atoms with Gasteiger partial charge in [-0.1, -0.05) is 36.4 Å². The Morgan fingerprint density at radius 3 is 2.41 bits per heavy atom. The third kappa shape index (κ3) is 4.32. The second kappa shape index (κ2) is 9.10. The molecular weight excluding hydrogens is 370 g/mol. The predicted octanol–water partition coefficient (Wildman–Crippen LogP) is 4.07. The molecule has 3 aromatic carbocycles. The van der Waals surface area contributed by atoms with E-state index in [2.05, 4.69) is 0 Å². The van der Waals surface area contributed by atoms with E-state index in [1.807, 2.05) is 49.4 Å². The Labute approximate surface area is 169 Å². The fourth-order valence-corrected chi connectivity index (χ4v) is 3.17. The molecule has 6 nitrogen and oxygen atoms in total. The average Bonchev–Trinajstić information content (AvgIpc) is 2.77. The minimum Gasteiger partial charge on any atom is -0.493 e. The molecule has 0 spiro atoms. The van der Waals surface area contributed by atoms with E-state index in [-0.39, 0.29) is 12.5 Å². The highest BCUT2D eigenvalue weighted by Crippen LogP contribution is 2.30. The maximum Gasteiger partial charge on any atom is 0.337 e. The van der Waals surface area contributed by atoms with Crippen LogP contribution in [0.1, 0.15) is 17.3 Å². The number of esters is 1. The number of methoxy groups -OCH3 is 2. The Kier molecular flexibility index (Phi) is 6.34. The number of likely N-dealkylation sites (N-methyl/N-ethyl adjacent to an activating group) is 1. The molecule has 3 rings (SSSR count). The number of hydrogen-bond donors (Lipinski definition) is 0. The van der Waals surface area contributed by atoms with Crippen LogP contribution in [0.2, 0.25) is 0 Å². The first-order chi connectivity index (χ1) is 14.1. The van der Waals surface area contributed by atoms with E-state index in [1.165, 1.54) is 20.3 Å². The minimum absolute atomic E-state index is 0.162. The van der Waals surface area contributed by atoms with Crippen molar-refractivity contribution in [2.45, 2.75) is 6.92 Å². The van der Waals surface area contributed by atoms with Crippen LogP contribution in [0.25, 0.3) is 10.8 Å². The summed E-state index contributed by atoms with van der Waals surface area (Å²) in [6, 6.07) is 18.5. The monoisotopic (exact) mass is 393 g/mol. The molecule has 0 aliphatic heterocycles. The van der Waals surface area contributed by atoms with Gasteiger partial charge in [-0.3, -0.25) is 4.79 Å². The lowest BCUT2D eigenvalue weighted by molar-refractivity contribution is -0.120. The van der Waals surface area contributed by atoms with Gasteiger partial charge in [-0.25, -0.2) is 4.79 Å². The maximum atomic E-state index is 12.9. The molecule has 29 heavy (non-hydrogen) atoms. The molecule has 0 fully saturated rings. The molecule has 0 atom stereocenters. The van der Waals surface area contributed by atoms with E-state index in [4.69, 9.17) is 14.2 Å². The summed E-state index contributed by atoms with van der Waals surface area (Å²) in [6.45, 7) is 2.27. The SMILES string of the molecule is CCN(C(=O)COc1ccc(C(=O)OC)cc1OC)c1cccc2ccccc12. The van der Waals surface area contributed by atoms with E-state index in [9.17, 15) is 9.59 Å². The summed E-state index contributed by atoms with van der Waals surface area (Å²) in [6.07, 6.45) is 0. The topological polar surface area (TPSA) is 65.1 Å². The molecule has 3 aromatic rings. The Morgan fingerprint density at radius 1 is 0.931 bits per heavy atom. The summed E-state index contributed by atoms with van der Waals surface area (Å²) in [5, 5.41) is 2.07. The molecule has 0 radical (unpaired) electrons. The van der Waals surface area contributed by atoms with Crippen molar-refractivity contribution in [3.8, 4) is 11.5 Å². The number of amides is 1. The van der Waals surface area contributed by atoms with Gasteiger partial charge in [-0.05, 0) is 36.6 Å². The Hall–Kier alpha value is -3.54. The normalized spacial score (nSPS) is 10.4. The fourth-order valence-electron chi connectivity index (χ4n) is 3.17. The van der Waals surface area contributed by atoms with E-state index in [1.54, 1.807) is 17.0 Å². The Balaban J connectivity index is 1.79. The molecule has 0 bridgehead atoms. The van der Waals surface area contributed by atoms with Crippen molar-refractivity contribution in [3.63, 3.8) is 0 Å². The summed E-state index contributed by atoms with van der Waals surface area (Å²) in [4.78, 5) is 26.3. The molecular formula is C23H23NO5. The third-order valence-corrected chi connectivity index (χ3v) is 4.61. The molecule has 0 aromatic heterocycles. The highest BCUT2D eigenvalue weighted by atomic mass is 16.5. The van der Waals surface area contributed by atoms with Crippen LogP contribution in [0.4, 0.5) is 5.69 Å². The van der Waals surface area contributed by atoms with Gasteiger partial charge in [-0.15, -0.1) is 0 Å². The van der Waals surface area contributed by atoms with E-state index in [0.717, 1.165) is 16.5 Å². The zero-order valence-electron chi connectivity index (χ0n) is 16.7.